The van der Waals surface area contributed by atoms with Crippen LogP contribution in [-0.2, 0) is 9.13 Å². The van der Waals surface area contributed by atoms with Crippen molar-refractivity contribution in [2.45, 2.75) is 11.5 Å². The number of nitrogens with two attached hydrogens (primary N) is 2. The van der Waals surface area contributed by atoms with E-state index in [0.29, 0.717) is 0 Å². The Bertz CT molecular complexity index is 344. The Hall–Kier alpha value is -0.470. The van der Waals surface area contributed by atoms with Crippen LogP contribution < -0.4 is 11.5 Å². The topological polar surface area (TPSA) is 200 Å². The van der Waals surface area contributed by atoms with E-state index >= 15 is 0 Å². The van der Waals surface area contributed by atoms with E-state index in [-0.39, 0.29) is 0 Å². The molecule has 0 atom stereocenters. The molecule has 0 amide bonds. The number of nitrogens with zero attached hydrogens (tertiary/aromatic N) is 1. The van der Waals surface area contributed by atoms with Gasteiger partial charge in [-0.25, -0.2) is 0 Å². The van der Waals surface area contributed by atoms with E-state index in [1.807, 2.05) is 0 Å². The number of aliphatic hydroxyl groups is 1. The van der Waals surface area contributed by atoms with Crippen LogP contribution in [0, 0.1) is 0 Å². The molecular weight excluding hydrogens is 264 g/mol. The van der Waals surface area contributed by atoms with E-state index in [9.17, 15) is 14.2 Å². The molecule has 0 bridgehead atoms. The number of aliphatic imine (C=N–C) groups is 1. The number of rotatable bonds is 5. The van der Waals surface area contributed by atoms with Crippen molar-refractivity contribution in [2.24, 2.45) is 16.5 Å². The number of hydrogen-bond donors (Lipinski definition) is 7. The predicted octanol–water partition coefficient (Wildman–Crippen LogP) is -2.35. The summed E-state index contributed by atoms with van der Waals surface area (Å²) in [4.78, 5) is 38.0. The highest BCUT2D eigenvalue weighted by Crippen LogP contribution is 2.68. The Morgan fingerprint density at radius 2 is 1.50 bits per heavy atom. The van der Waals surface area contributed by atoms with E-state index in [4.69, 9.17) is 31.0 Å². The van der Waals surface area contributed by atoms with Crippen LogP contribution in [0.1, 0.15) is 6.42 Å². The molecule has 0 spiro atoms. The molecule has 0 aromatic rings. The average molecular weight is 277 g/mol. The van der Waals surface area contributed by atoms with Gasteiger partial charge < -0.3 is 36.1 Å². The molecule has 96 valence electrons. The lowest BCUT2D eigenvalue weighted by Crippen LogP contribution is -2.30. The summed E-state index contributed by atoms with van der Waals surface area (Å²) in [5.74, 6) is -0.432. The third-order valence-corrected chi connectivity index (χ3v) is 5.55. The van der Waals surface area contributed by atoms with Gasteiger partial charge in [-0.2, -0.15) is 0 Å². The average Bonchev–Trinajstić information content (AvgIpc) is 1.98. The zero-order valence-electron chi connectivity index (χ0n) is 7.96. The highest BCUT2D eigenvalue weighted by Gasteiger charge is 2.58. The summed E-state index contributed by atoms with van der Waals surface area (Å²) in [6, 6.07) is 0. The second kappa shape index (κ2) is 4.80. The van der Waals surface area contributed by atoms with Crippen molar-refractivity contribution in [3.63, 3.8) is 0 Å². The predicted molar refractivity (Wildman–Crippen MR) is 54.3 cm³/mol. The molecule has 0 aliphatic heterocycles. The maximum absolute atomic E-state index is 10.8. The monoisotopic (exact) mass is 277 g/mol. The van der Waals surface area contributed by atoms with E-state index < -0.39 is 39.2 Å². The Balaban J connectivity index is 5.08. The van der Waals surface area contributed by atoms with Gasteiger partial charge in [0.15, 0.2) is 5.96 Å². The van der Waals surface area contributed by atoms with Crippen LogP contribution in [-0.4, -0.2) is 42.3 Å². The summed E-state index contributed by atoms with van der Waals surface area (Å²) in [5.41, 5.74) is 9.80. The standard InChI is InChI=1S/C4H13N3O7P2/c5-3(6)7-2-1-4(8,15(9,10)11)16(12,13)14/h8H,1-2H2,(H4,5,6,7)(H2,9,10,11)(H2,12,13,14). The van der Waals surface area contributed by atoms with E-state index in [1.165, 1.54) is 0 Å². The lowest BCUT2D eigenvalue weighted by molar-refractivity contribution is 0.125. The van der Waals surface area contributed by atoms with Gasteiger partial charge in [-0.05, 0) is 0 Å². The number of hydrogen-bond acceptors (Lipinski definition) is 4. The van der Waals surface area contributed by atoms with Gasteiger partial charge in [-0.15, -0.1) is 0 Å². The van der Waals surface area contributed by atoms with Crippen LogP contribution in [0.5, 0.6) is 0 Å². The lowest BCUT2D eigenvalue weighted by Gasteiger charge is -2.28. The highest BCUT2D eigenvalue weighted by atomic mass is 31.2. The fraction of sp³-hybridized carbons (Fsp3) is 0.750. The van der Waals surface area contributed by atoms with Crippen LogP contribution in [0.3, 0.4) is 0 Å². The van der Waals surface area contributed by atoms with Gasteiger partial charge in [-0.3, -0.25) is 14.1 Å². The molecule has 0 fully saturated rings. The summed E-state index contributed by atoms with van der Waals surface area (Å²) in [5, 5.41) is 5.85. The summed E-state index contributed by atoms with van der Waals surface area (Å²) in [7, 11) is -10.9. The van der Waals surface area contributed by atoms with Crippen LogP contribution >= 0.6 is 15.2 Å². The van der Waals surface area contributed by atoms with Crippen LogP contribution in [0.15, 0.2) is 4.99 Å². The molecule has 0 aliphatic carbocycles. The molecule has 0 aromatic carbocycles. The molecule has 0 rings (SSSR count). The molecule has 0 unspecified atom stereocenters. The molecule has 0 aromatic heterocycles. The molecule has 12 heteroatoms. The fourth-order valence-corrected chi connectivity index (χ4v) is 2.94. The third kappa shape index (κ3) is 3.53. The van der Waals surface area contributed by atoms with Crippen LogP contribution in [0.2, 0.25) is 0 Å². The van der Waals surface area contributed by atoms with Gasteiger partial charge in [0, 0.05) is 13.0 Å². The molecule has 0 saturated heterocycles. The largest absolute Gasteiger partial charge is 0.370 e. The molecule has 0 saturated carbocycles. The first-order valence-corrected chi connectivity index (χ1v) is 7.03. The Kier molecular flexibility index (Phi) is 4.66. The van der Waals surface area contributed by atoms with Gasteiger partial charge in [0.25, 0.3) is 5.08 Å². The van der Waals surface area contributed by atoms with E-state index in [1.54, 1.807) is 0 Å². The minimum atomic E-state index is -5.43. The maximum atomic E-state index is 10.8. The quantitative estimate of drug-likeness (QED) is 0.163. The molecule has 10 nitrogen and oxygen atoms in total. The first-order valence-electron chi connectivity index (χ1n) is 3.81. The zero-order valence-corrected chi connectivity index (χ0v) is 9.75. The summed E-state index contributed by atoms with van der Waals surface area (Å²) >= 11 is 0. The highest BCUT2D eigenvalue weighted by molar-refractivity contribution is 7.72. The smallest absolute Gasteiger partial charge is 0.369 e. The summed E-state index contributed by atoms with van der Waals surface area (Å²) < 4.78 is 21.6. The summed E-state index contributed by atoms with van der Waals surface area (Å²) in [6.45, 7) is -0.533. The molecule has 16 heavy (non-hydrogen) atoms. The Morgan fingerprint density at radius 1 is 1.12 bits per heavy atom. The van der Waals surface area contributed by atoms with Crippen LogP contribution in [0.25, 0.3) is 0 Å². The second-order valence-electron chi connectivity index (χ2n) is 2.92. The molecular formula is C4H13N3O7P2. The molecule has 9 N–H and O–H groups in total. The van der Waals surface area contributed by atoms with Gasteiger partial charge in [-0.1, -0.05) is 0 Å². The fourth-order valence-electron chi connectivity index (χ4n) is 0.796. The van der Waals surface area contributed by atoms with E-state index in [2.05, 4.69) is 4.99 Å². The van der Waals surface area contributed by atoms with Gasteiger partial charge >= 0.3 is 15.2 Å². The maximum Gasteiger partial charge on any atom is 0.369 e. The van der Waals surface area contributed by atoms with Crippen molar-refractivity contribution in [1.29, 1.82) is 0 Å². The number of guanidine groups is 1. The normalized spacial score (nSPS) is 13.6. The SMILES string of the molecule is NC(N)=NCCC(O)(P(=O)(O)O)P(=O)(O)O. The Labute approximate surface area is 90.3 Å². The lowest BCUT2D eigenvalue weighted by atomic mass is 10.4. The summed E-state index contributed by atoms with van der Waals surface area (Å²) in [6.07, 6.45) is -0.973. The van der Waals surface area contributed by atoms with Crippen molar-refractivity contribution in [2.75, 3.05) is 6.54 Å². The second-order valence-corrected chi connectivity index (χ2v) is 6.93. The first-order chi connectivity index (χ1) is 6.92. The third-order valence-electron chi connectivity index (χ3n) is 1.67. The van der Waals surface area contributed by atoms with E-state index in [0.717, 1.165) is 0 Å². The van der Waals surface area contributed by atoms with Crippen molar-refractivity contribution in [1.82, 2.24) is 0 Å². The van der Waals surface area contributed by atoms with Crippen molar-refractivity contribution >= 4 is 21.2 Å². The minimum Gasteiger partial charge on any atom is -0.370 e. The van der Waals surface area contributed by atoms with Gasteiger partial charge in [0.2, 0.25) is 0 Å². The zero-order chi connectivity index (χ0) is 13.2. The molecule has 0 heterocycles. The van der Waals surface area contributed by atoms with Crippen LogP contribution in [0.4, 0.5) is 0 Å². The molecule has 0 radical (unpaired) electrons. The van der Waals surface area contributed by atoms with Crippen molar-refractivity contribution < 1.29 is 33.8 Å². The molecule has 0 aliphatic rings. The van der Waals surface area contributed by atoms with Gasteiger partial charge in [0.1, 0.15) is 0 Å². The Morgan fingerprint density at radius 3 is 1.75 bits per heavy atom. The van der Waals surface area contributed by atoms with Crippen molar-refractivity contribution in [3.8, 4) is 0 Å². The van der Waals surface area contributed by atoms with Gasteiger partial charge in [0.05, 0.1) is 0 Å². The first kappa shape index (κ1) is 15.5. The minimum absolute atomic E-state index is 0.432. The van der Waals surface area contributed by atoms with Crippen molar-refractivity contribution in [3.05, 3.63) is 0 Å².